The number of carbonyl (C=O) groups excluding carboxylic acids is 1. The number of fused-ring (bicyclic) bond motifs is 1. The third-order valence-corrected chi connectivity index (χ3v) is 4.73. The van der Waals surface area contributed by atoms with Gasteiger partial charge in [-0.2, -0.15) is 5.10 Å². The molecule has 1 amide bonds. The Morgan fingerprint density at radius 2 is 1.97 bits per heavy atom. The van der Waals surface area contributed by atoms with Crippen molar-refractivity contribution in [3.63, 3.8) is 0 Å². The standard InChI is InChI=1S/C22H17F2N5O4/c1-13-2-4-14(5-3-13)19-6-7-25-21-18(11-26-28(19)21)22(30)27-15-8-16(29(31)32)10-17(9-15)33-12-20(23)24/h2-11,20H,12H2,1H3,(H,27,30). The van der Waals surface area contributed by atoms with Gasteiger partial charge in [-0.25, -0.2) is 18.3 Å². The van der Waals surface area contributed by atoms with E-state index < -0.39 is 29.6 Å². The van der Waals surface area contributed by atoms with Crippen LogP contribution in [0.15, 0.2) is 60.9 Å². The first-order chi connectivity index (χ1) is 15.8. The molecule has 0 bridgehead atoms. The van der Waals surface area contributed by atoms with Crippen LogP contribution in [0.4, 0.5) is 20.2 Å². The smallest absolute Gasteiger partial charge is 0.275 e. The molecule has 1 N–H and O–H groups in total. The first kappa shape index (κ1) is 21.8. The predicted molar refractivity (Wildman–Crippen MR) is 116 cm³/mol. The van der Waals surface area contributed by atoms with Gasteiger partial charge in [-0.1, -0.05) is 29.8 Å². The molecule has 0 radical (unpaired) electrons. The van der Waals surface area contributed by atoms with E-state index in [2.05, 4.69) is 15.4 Å². The third-order valence-electron chi connectivity index (χ3n) is 4.73. The van der Waals surface area contributed by atoms with Gasteiger partial charge in [0, 0.05) is 23.9 Å². The first-order valence-corrected chi connectivity index (χ1v) is 9.73. The van der Waals surface area contributed by atoms with E-state index in [-0.39, 0.29) is 22.6 Å². The lowest BCUT2D eigenvalue weighted by molar-refractivity contribution is -0.384. The molecule has 2 heterocycles. The Morgan fingerprint density at radius 1 is 1.21 bits per heavy atom. The molecule has 0 atom stereocenters. The van der Waals surface area contributed by atoms with Gasteiger partial charge in [-0.3, -0.25) is 14.9 Å². The number of anilines is 1. The summed E-state index contributed by atoms with van der Waals surface area (Å²) in [4.78, 5) is 27.6. The van der Waals surface area contributed by atoms with E-state index >= 15 is 0 Å². The molecule has 168 valence electrons. The molecule has 0 saturated carbocycles. The van der Waals surface area contributed by atoms with Crippen molar-refractivity contribution in [1.82, 2.24) is 14.6 Å². The number of nitro benzene ring substituents is 1. The quantitative estimate of drug-likeness (QED) is 0.326. The zero-order valence-corrected chi connectivity index (χ0v) is 17.2. The summed E-state index contributed by atoms with van der Waals surface area (Å²) in [6.07, 6.45) is 0.128. The van der Waals surface area contributed by atoms with E-state index in [1.54, 1.807) is 12.3 Å². The van der Waals surface area contributed by atoms with Crippen LogP contribution >= 0.6 is 0 Å². The summed E-state index contributed by atoms with van der Waals surface area (Å²) in [5.41, 5.74) is 2.69. The number of ether oxygens (including phenoxy) is 1. The molecule has 9 nitrogen and oxygen atoms in total. The Kier molecular flexibility index (Phi) is 5.94. The van der Waals surface area contributed by atoms with Crippen molar-refractivity contribution in [2.75, 3.05) is 11.9 Å². The number of carbonyl (C=O) groups is 1. The fraction of sp³-hybridized carbons (Fsp3) is 0.136. The fourth-order valence-electron chi connectivity index (χ4n) is 3.20. The Bertz CT molecular complexity index is 1340. The van der Waals surface area contributed by atoms with Gasteiger partial charge in [-0.05, 0) is 13.0 Å². The molecule has 33 heavy (non-hydrogen) atoms. The molecule has 0 spiro atoms. The molecule has 4 aromatic rings. The molecule has 0 aliphatic rings. The maximum atomic E-state index is 12.9. The number of halogens is 2. The summed E-state index contributed by atoms with van der Waals surface area (Å²) in [5.74, 6) is -0.793. The Labute approximate surface area is 185 Å². The molecular formula is C22H17F2N5O4. The summed E-state index contributed by atoms with van der Waals surface area (Å²) in [6.45, 7) is 1.04. The van der Waals surface area contributed by atoms with Crippen molar-refractivity contribution in [3.8, 4) is 17.0 Å². The van der Waals surface area contributed by atoms with Crippen LogP contribution in [0.3, 0.4) is 0 Å². The van der Waals surface area contributed by atoms with Gasteiger partial charge < -0.3 is 10.1 Å². The zero-order chi connectivity index (χ0) is 23.5. The summed E-state index contributed by atoms with van der Waals surface area (Å²) in [5, 5.41) is 18.0. The first-order valence-electron chi connectivity index (χ1n) is 9.73. The van der Waals surface area contributed by atoms with Crippen molar-refractivity contribution in [3.05, 3.63) is 82.2 Å². The van der Waals surface area contributed by atoms with Crippen LogP contribution in [-0.4, -0.2) is 38.5 Å². The van der Waals surface area contributed by atoms with Crippen LogP contribution < -0.4 is 10.1 Å². The molecule has 0 unspecified atom stereocenters. The van der Waals surface area contributed by atoms with Gasteiger partial charge in [0.1, 0.15) is 17.9 Å². The number of benzene rings is 2. The van der Waals surface area contributed by atoms with Crippen molar-refractivity contribution in [1.29, 1.82) is 0 Å². The number of non-ortho nitro benzene ring substituents is 1. The predicted octanol–water partition coefficient (Wildman–Crippen LogP) is 4.51. The molecule has 2 aromatic heterocycles. The average Bonchev–Trinajstić information content (AvgIpc) is 3.22. The number of aryl methyl sites for hydroxylation is 1. The lowest BCUT2D eigenvalue weighted by atomic mass is 10.1. The molecule has 0 aliphatic carbocycles. The summed E-state index contributed by atoms with van der Waals surface area (Å²) >= 11 is 0. The van der Waals surface area contributed by atoms with Crippen molar-refractivity contribution < 1.29 is 23.2 Å². The van der Waals surface area contributed by atoms with Gasteiger partial charge in [0.15, 0.2) is 5.65 Å². The van der Waals surface area contributed by atoms with E-state index in [1.165, 1.54) is 16.8 Å². The second-order valence-electron chi connectivity index (χ2n) is 7.12. The molecular weight excluding hydrogens is 436 g/mol. The monoisotopic (exact) mass is 453 g/mol. The van der Waals surface area contributed by atoms with Crippen LogP contribution in [0, 0.1) is 17.0 Å². The molecule has 4 rings (SSSR count). The van der Waals surface area contributed by atoms with Gasteiger partial charge in [0.2, 0.25) is 0 Å². The van der Waals surface area contributed by atoms with Crippen molar-refractivity contribution in [2.24, 2.45) is 0 Å². The van der Waals surface area contributed by atoms with E-state index in [0.29, 0.717) is 0 Å². The second kappa shape index (κ2) is 8.99. The second-order valence-corrected chi connectivity index (χ2v) is 7.12. The summed E-state index contributed by atoms with van der Waals surface area (Å²) in [6, 6.07) is 12.9. The zero-order valence-electron chi connectivity index (χ0n) is 17.2. The van der Waals surface area contributed by atoms with Crippen LogP contribution in [0.2, 0.25) is 0 Å². The minimum Gasteiger partial charge on any atom is -0.487 e. The molecule has 2 aromatic carbocycles. The van der Waals surface area contributed by atoms with E-state index in [0.717, 1.165) is 29.0 Å². The maximum absolute atomic E-state index is 12.9. The Hall–Kier alpha value is -4.41. The van der Waals surface area contributed by atoms with Crippen LogP contribution in [0.1, 0.15) is 15.9 Å². The van der Waals surface area contributed by atoms with Crippen molar-refractivity contribution >= 4 is 22.9 Å². The maximum Gasteiger partial charge on any atom is 0.275 e. The normalized spacial score (nSPS) is 11.0. The van der Waals surface area contributed by atoms with Gasteiger partial charge in [0.25, 0.3) is 18.0 Å². The van der Waals surface area contributed by atoms with E-state index in [4.69, 9.17) is 4.74 Å². The Morgan fingerprint density at radius 3 is 2.67 bits per heavy atom. The number of amides is 1. The largest absolute Gasteiger partial charge is 0.487 e. The van der Waals surface area contributed by atoms with Gasteiger partial charge in [-0.15, -0.1) is 0 Å². The summed E-state index contributed by atoms with van der Waals surface area (Å²) < 4.78 is 31.3. The molecule has 0 aliphatic heterocycles. The molecule has 0 fully saturated rings. The number of alkyl halides is 2. The minimum atomic E-state index is -2.75. The number of nitrogens with zero attached hydrogens (tertiary/aromatic N) is 4. The Balaban J connectivity index is 1.65. The lowest BCUT2D eigenvalue weighted by Crippen LogP contribution is -2.13. The highest BCUT2D eigenvalue weighted by atomic mass is 19.3. The van der Waals surface area contributed by atoms with Crippen molar-refractivity contribution in [2.45, 2.75) is 13.3 Å². The number of hydrogen-bond donors (Lipinski definition) is 1. The third kappa shape index (κ3) is 4.76. The SMILES string of the molecule is Cc1ccc(-c2ccnc3c(C(=O)Nc4cc(OCC(F)F)cc([N+](=O)[O-])c4)cnn23)cc1. The number of hydrogen-bond acceptors (Lipinski definition) is 6. The number of rotatable bonds is 7. The highest BCUT2D eigenvalue weighted by Gasteiger charge is 2.19. The highest BCUT2D eigenvalue weighted by molar-refractivity contribution is 6.08. The number of nitrogens with one attached hydrogen (secondary N) is 1. The number of nitro groups is 1. The van der Waals surface area contributed by atoms with Crippen LogP contribution in [0.5, 0.6) is 5.75 Å². The number of aromatic nitrogens is 3. The fourth-order valence-corrected chi connectivity index (χ4v) is 3.20. The topological polar surface area (TPSA) is 112 Å². The van der Waals surface area contributed by atoms with E-state index in [9.17, 15) is 23.7 Å². The van der Waals surface area contributed by atoms with Crippen LogP contribution in [-0.2, 0) is 0 Å². The van der Waals surface area contributed by atoms with Gasteiger partial charge >= 0.3 is 0 Å². The van der Waals surface area contributed by atoms with Crippen LogP contribution in [0.25, 0.3) is 16.9 Å². The van der Waals surface area contributed by atoms with E-state index in [1.807, 2.05) is 31.2 Å². The molecule has 11 heteroatoms. The average molecular weight is 453 g/mol. The molecule has 0 saturated heterocycles. The summed E-state index contributed by atoms with van der Waals surface area (Å²) in [7, 11) is 0. The highest BCUT2D eigenvalue weighted by Crippen LogP contribution is 2.27. The van der Waals surface area contributed by atoms with Gasteiger partial charge in [0.05, 0.1) is 28.6 Å². The lowest BCUT2D eigenvalue weighted by Gasteiger charge is -2.09. The minimum absolute atomic E-state index is 0.00695.